The van der Waals surface area contributed by atoms with Crippen LogP contribution in [0, 0.1) is 0 Å². The number of hydrogen-bond acceptors (Lipinski definition) is 2. The molecule has 0 saturated carbocycles. The Balaban J connectivity index is 1.93. The number of benzene rings is 2. The number of fused-ring (bicyclic) bond motifs is 1. The van der Waals surface area contributed by atoms with Gasteiger partial charge in [-0.2, -0.15) is 0 Å². The smallest absolute Gasteiger partial charge is 0.110 e. The lowest BCUT2D eigenvalue weighted by atomic mass is 9.97. The molecule has 0 bridgehead atoms. The van der Waals surface area contributed by atoms with Gasteiger partial charge in [0, 0.05) is 19.2 Å². The van der Waals surface area contributed by atoms with E-state index in [-0.39, 0.29) is 0 Å². The topological polar surface area (TPSA) is 43.8 Å². The van der Waals surface area contributed by atoms with Crippen LogP contribution in [-0.4, -0.2) is 9.55 Å². The number of nitrogen functional groups attached to an aromatic ring is 1. The molecule has 1 atom stereocenters. The second-order valence-electron chi connectivity index (χ2n) is 5.47. The van der Waals surface area contributed by atoms with Crippen LogP contribution in [0.1, 0.15) is 24.2 Å². The van der Waals surface area contributed by atoms with Gasteiger partial charge in [0.1, 0.15) is 5.82 Å². The first-order valence-electron chi connectivity index (χ1n) is 7.01. The van der Waals surface area contributed by atoms with Crippen LogP contribution in [0.5, 0.6) is 0 Å². The highest BCUT2D eigenvalue weighted by atomic mass is 35.5. The summed E-state index contributed by atoms with van der Waals surface area (Å²) >= 11 is 6.27. The highest BCUT2D eigenvalue weighted by Gasteiger charge is 2.14. The molecule has 0 fully saturated rings. The molecule has 1 unspecified atom stereocenters. The number of aryl methyl sites for hydroxylation is 1. The zero-order valence-corrected chi connectivity index (χ0v) is 12.9. The van der Waals surface area contributed by atoms with Gasteiger partial charge in [0.25, 0.3) is 0 Å². The minimum absolute atomic E-state index is 0.375. The number of aromatic nitrogens is 2. The summed E-state index contributed by atoms with van der Waals surface area (Å²) in [6, 6.07) is 13.9. The van der Waals surface area contributed by atoms with Crippen molar-refractivity contribution in [3.05, 3.63) is 58.9 Å². The molecule has 108 valence electrons. The Hall–Kier alpha value is -2.00. The van der Waals surface area contributed by atoms with Crippen LogP contribution in [0.25, 0.3) is 11.0 Å². The normalized spacial score (nSPS) is 12.7. The van der Waals surface area contributed by atoms with Gasteiger partial charge in [-0.3, -0.25) is 0 Å². The summed E-state index contributed by atoms with van der Waals surface area (Å²) in [6.45, 7) is 2.20. The molecule has 1 heterocycles. The molecule has 0 aliphatic heterocycles. The minimum Gasteiger partial charge on any atom is -0.399 e. The Morgan fingerprint density at radius 1 is 1.19 bits per heavy atom. The van der Waals surface area contributed by atoms with E-state index < -0.39 is 0 Å². The van der Waals surface area contributed by atoms with Crippen molar-refractivity contribution in [3.63, 3.8) is 0 Å². The zero-order chi connectivity index (χ0) is 15.0. The summed E-state index contributed by atoms with van der Waals surface area (Å²) in [7, 11) is 2.02. The maximum Gasteiger partial charge on any atom is 0.110 e. The van der Waals surface area contributed by atoms with Crippen molar-refractivity contribution >= 4 is 28.3 Å². The maximum atomic E-state index is 6.27. The Kier molecular flexibility index (Phi) is 3.60. The summed E-state index contributed by atoms with van der Waals surface area (Å²) in [5.74, 6) is 1.42. The largest absolute Gasteiger partial charge is 0.399 e. The summed E-state index contributed by atoms with van der Waals surface area (Å²) in [5.41, 5.74) is 9.75. The quantitative estimate of drug-likeness (QED) is 0.738. The van der Waals surface area contributed by atoms with Crippen LogP contribution in [0.3, 0.4) is 0 Å². The van der Waals surface area contributed by atoms with Gasteiger partial charge < -0.3 is 10.3 Å². The fourth-order valence-corrected chi connectivity index (χ4v) is 2.96. The third-order valence-corrected chi connectivity index (χ3v) is 4.24. The molecule has 3 nitrogen and oxygen atoms in total. The molecule has 0 radical (unpaired) electrons. The van der Waals surface area contributed by atoms with E-state index in [0.29, 0.717) is 5.92 Å². The van der Waals surface area contributed by atoms with Gasteiger partial charge in [0.05, 0.1) is 16.1 Å². The van der Waals surface area contributed by atoms with Crippen molar-refractivity contribution in [2.75, 3.05) is 5.73 Å². The minimum atomic E-state index is 0.375. The standard InChI is InChI=1S/C17H18ClN3/c1-11(12-6-8-13(19)9-7-12)10-16-20-15-5-3-4-14(18)17(15)21(16)2/h3-9,11H,10,19H2,1-2H3. The molecule has 2 aromatic carbocycles. The van der Waals surface area contributed by atoms with Crippen molar-refractivity contribution in [2.45, 2.75) is 19.3 Å². The second-order valence-corrected chi connectivity index (χ2v) is 5.87. The lowest BCUT2D eigenvalue weighted by Crippen LogP contribution is -2.05. The first kappa shape index (κ1) is 14.0. The predicted molar refractivity (Wildman–Crippen MR) is 88.7 cm³/mol. The van der Waals surface area contributed by atoms with E-state index in [9.17, 15) is 0 Å². The number of para-hydroxylation sites is 1. The van der Waals surface area contributed by atoms with Crippen LogP contribution in [0.2, 0.25) is 5.02 Å². The molecule has 0 aliphatic carbocycles. The van der Waals surface area contributed by atoms with Gasteiger partial charge in [-0.1, -0.05) is 36.7 Å². The fraction of sp³-hybridized carbons (Fsp3) is 0.235. The first-order chi connectivity index (χ1) is 10.1. The Bertz CT molecular complexity index is 775. The number of nitrogens with zero attached hydrogens (tertiary/aromatic N) is 2. The van der Waals surface area contributed by atoms with E-state index in [1.165, 1.54) is 5.56 Å². The average Bonchev–Trinajstić information content (AvgIpc) is 2.77. The molecule has 4 heteroatoms. The van der Waals surface area contributed by atoms with Gasteiger partial charge in [0.15, 0.2) is 0 Å². The summed E-state index contributed by atoms with van der Waals surface area (Å²) < 4.78 is 2.09. The monoisotopic (exact) mass is 299 g/mol. The Labute approximate surface area is 129 Å². The molecule has 3 aromatic rings. The maximum absolute atomic E-state index is 6.27. The average molecular weight is 300 g/mol. The Morgan fingerprint density at radius 3 is 2.57 bits per heavy atom. The van der Waals surface area contributed by atoms with Gasteiger partial charge >= 0.3 is 0 Å². The van der Waals surface area contributed by atoms with Crippen molar-refractivity contribution in [2.24, 2.45) is 7.05 Å². The van der Waals surface area contributed by atoms with Gasteiger partial charge in [-0.15, -0.1) is 0 Å². The van der Waals surface area contributed by atoms with Crippen LogP contribution in [0.4, 0.5) is 5.69 Å². The third-order valence-electron chi connectivity index (χ3n) is 3.93. The fourth-order valence-electron chi connectivity index (χ4n) is 2.67. The second kappa shape index (κ2) is 5.41. The van der Waals surface area contributed by atoms with Crippen LogP contribution in [0.15, 0.2) is 42.5 Å². The highest BCUT2D eigenvalue weighted by molar-refractivity contribution is 6.35. The highest BCUT2D eigenvalue weighted by Crippen LogP contribution is 2.27. The van der Waals surface area contributed by atoms with Crippen LogP contribution in [-0.2, 0) is 13.5 Å². The Morgan fingerprint density at radius 2 is 1.90 bits per heavy atom. The third kappa shape index (κ3) is 2.61. The number of halogens is 1. The molecule has 0 spiro atoms. The van der Waals surface area contributed by atoms with E-state index in [2.05, 4.69) is 23.6 Å². The SMILES string of the molecule is CC(Cc1nc2cccc(Cl)c2n1C)c1ccc(N)cc1. The number of anilines is 1. The van der Waals surface area contributed by atoms with Crippen LogP contribution < -0.4 is 5.73 Å². The van der Waals surface area contributed by atoms with E-state index in [0.717, 1.165) is 34.0 Å². The molecule has 21 heavy (non-hydrogen) atoms. The molecule has 1 aromatic heterocycles. The number of imidazole rings is 1. The summed E-state index contributed by atoms with van der Waals surface area (Å²) in [6.07, 6.45) is 0.866. The molecular formula is C17H18ClN3. The zero-order valence-electron chi connectivity index (χ0n) is 12.2. The molecule has 2 N–H and O–H groups in total. The van der Waals surface area contributed by atoms with Gasteiger partial charge in [0.2, 0.25) is 0 Å². The van der Waals surface area contributed by atoms with E-state index in [1.807, 2.05) is 37.4 Å². The van der Waals surface area contributed by atoms with Crippen molar-refractivity contribution in [1.82, 2.24) is 9.55 Å². The summed E-state index contributed by atoms with van der Waals surface area (Å²) in [5, 5.41) is 0.744. The number of rotatable bonds is 3. The van der Waals surface area contributed by atoms with E-state index in [4.69, 9.17) is 22.3 Å². The van der Waals surface area contributed by atoms with Crippen molar-refractivity contribution in [3.8, 4) is 0 Å². The van der Waals surface area contributed by atoms with E-state index >= 15 is 0 Å². The molecule has 0 aliphatic rings. The summed E-state index contributed by atoms with van der Waals surface area (Å²) in [4.78, 5) is 4.71. The number of hydrogen-bond donors (Lipinski definition) is 1. The lowest BCUT2D eigenvalue weighted by molar-refractivity contribution is 0.690. The van der Waals surface area contributed by atoms with Crippen LogP contribution >= 0.6 is 11.6 Å². The first-order valence-corrected chi connectivity index (χ1v) is 7.39. The predicted octanol–water partition coefficient (Wildman–Crippen LogP) is 4.16. The molecule has 0 saturated heterocycles. The number of nitrogens with two attached hydrogens (primary N) is 1. The molecule has 3 rings (SSSR count). The van der Waals surface area contributed by atoms with Crippen molar-refractivity contribution < 1.29 is 0 Å². The van der Waals surface area contributed by atoms with Crippen molar-refractivity contribution in [1.29, 1.82) is 0 Å². The van der Waals surface area contributed by atoms with Gasteiger partial charge in [-0.25, -0.2) is 4.98 Å². The molecule has 0 amide bonds. The van der Waals surface area contributed by atoms with E-state index in [1.54, 1.807) is 0 Å². The lowest BCUT2D eigenvalue weighted by Gasteiger charge is -2.12. The molecular weight excluding hydrogens is 282 g/mol. The van der Waals surface area contributed by atoms with Gasteiger partial charge in [-0.05, 0) is 35.7 Å².